The van der Waals surface area contributed by atoms with Crippen LogP contribution >= 0.6 is 0 Å². The normalized spacial score (nSPS) is 15.1. The van der Waals surface area contributed by atoms with Crippen LogP contribution < -0.4 is 10.2 Å². The van der Waals surface area contributed by atoms with Crippen LogP contribution in [0.4, 0.5) is 20.2 Å². The van der Waals surface area contributed by atoms with Crippen molar-refractivity contribution in [3.8, 4) is 0 Å². The van der Waals surface area contributed by atoms with Gasteiger partial charge in [-0.05, 0) is 6.07 Å². The quantitative estimate of drug-likeness (QED) is 0.682. The first-order valence-electron chi connectivity index (χ1n) is 4.09. The predicted octanol–water partition coefficient (Wildman–Crippen LogP) is 1.35. The molecule has 0 aromatic heterocycles. The molecule has 0 saturated heterocycles. The number of hydrogen-bond donors (Lipinski definition) is 1. The first-order chi connectivity index (χ1) is 6.59. The summed E-state index contributed by atoms with van der Waals surface area (Å²) in [6.45, 7) is 0.0338. The van der Waals surface area contributed by atoms with Gasteiger partial charge in [-0.2, -0.15) is 0 Å². The zero-order valence-corrected chi connectivity index (χ0v) is 7.47. The third-order valence-corrected chi connectivity index (χ3v) is 2.19. The first kappa shape index (κ1) is 8.93. The molecule has 0 fully saturated rings. The molecule has 0 spiro atoms. The average molecular weight is 198 g/mol. The number of benzene rings is 1. The van der Waals surface area contributed by atoms with Gasteiger partial charge in [0.15, 0.2) is 5.82 Å². The van der Waals surface area contributed by atoms with E-state index in [1.807, 2.05) is 0 Å². The number of fused-ring (bicyclic) bond motifs is 1. The molecule has 0 atom stereocenters. The van der Waals surface area contributed by atoms with E-state index >= 15 is 0 Å². The summed E-state index contributed by atoms with van der Waals surface area (Å²) < 4.78 is 26.0. The number of hydrogen-bond acceptors (Lipinski definition) is 2. The minimum atomic E-state index is -0.690. The molecular weight excluding hydrogens is 190 g/mol. The van der Waals surface area contributed by atoms with Gasteiger partial charge in [0, 0.05) is 13.1 Å². The van der Waals surface area contributed by atoms with Crippen LogP contribution in [0.2, 0.25) is 0 Å². The lowest BCUT2D eigenvalue weighted by Gasteiger charge is -2.26. The number of carbonyl (C=O) groups excluding carboxylic acids is 1. The lowest BCUT2D eigenvalue weighted by molar-refractivity contribution is -0.116. The highest BCUT2D eigenvalue weighted by Gasteiger charge is 2.23. The van der Waals surface area contributed by atoms with Gasteiger partial charge in [0.25, 0.3) is 0 Å². The molecule has 3 nitrogen and oxygen atoms in total. The van der Waals surface area contributed by atoms with E-state index < -0.39 is 11.6 Å². The zero-order chi connectivity index (χ0) is 10.3. The Balaban J connectivity index is 2.59. The van der Waals surface area contributed by atoms with Crippen molar-refractivity contribution in [3.05, 3.63) is 23.8 Å². The average Bonchev–Trinajstić information content (AvgIpc) is 2.12. The molecule has 0 radical (unpaired) electrons. The molecule has 0 unspecified atom stereocenters. The largest absolute Gasteiger partial charge is 0.372 e. The Bertz CT molecular complexity index is 406. The molecular formula is C9H8F2N2O. The molecule has 1 aliphatic heterocycles. The van der Waals surface area contributed by atoms with Crippen molar-refractivity contribution in [2.45, 2.75) is 0 Å². The standard InChI is InChI=1S/C9H8F2N2O/c1-13-7-3-5(10)2-6(11)9(7)12-4-8(13)14/h2-3,12H,4H2,1H3. The molecule has 2 rings (SSSR count). The molecule has 1 aromatic rings. The number of nitrogens with zero attached hydrogens (tertiary/aromatic N) is 1. The first-order valence-corrected chi connectivity index (χ1v) is 4.09. The van der Waals surface area contributed by atoms with Crippen molar-refractivity contribution < 1.29 is 13.6 Å². The molecule has 1 heterocycles. The molecule has 14 heavy (non-hydrogen) atoms. The zero-order valence-electron chi connectivity index (χ0n) is 7.47. The van der Waals surface area contributed by atoms with E-state index in [0.29, 0.717) is 0 Å². The molecule has 1 aromatic carbocycles. The maximum Gasteiger partial charge on any atom is 0.246 e. The lowest BCUT2D eigenvalue weighted by atomic mass is 10.2. The van der Waals surface area contributed by atoms with Gasteiger partial charge >= 0.3 is 0 Å². The topological polar surface area (TPSA) is 32.3 Å². The highest BCUT2D eigenvalue weighted by Crippen LogP contribution is 2.31. The summed E-state index contributed by atoms with van der Waals surface area (Å²) >= 11 is 0. The van der Waals surface area contributed by atoms with Gasteiger partial charge in [0.05, 0.1) is 17.9 Å². The fraction of sp³-hybridized carbons (Fsp3) is 0.222. The summed E-state index contributed by atoms with van der Waals surface area (Å²) in [5.41, 5.74) is 0.409. The monoisotopic (exact) mass is 198 g/mol. The fourth-order valence-corrected chi connectivity index (χ4v) is 1.42. The second kappa shape index (κ2) is 2.94. The van der Waals surface area contributed by atoms with Crippen LogP contribution in [0.15, 0.2) is 12.1 Å². The van der Waals surface area contributed by atoms with Gasteiger partial charge in [0.1, 0.15) is 5.82 Å². The second-order valence-electron chi connectivity index (χ2n) is 3.09. The summed E-state index contributed by atoms with van der Waals surface area (Å²) in [5, 5.41) is 2.61. The van der Waals surface area contributed by atoms with E-state index in [9.17, 15) is 13.6 Å². The van der Waals surface area contributed by atoms with Crippen molar-refractivity contribution in [1.82, 2.24) is 0 Å². The van der Waals surface area contributed by atoms with E-state index in [1.54, 1.807) is 0 Å². The Morgan fingerprint density at radius 2 is 2.14 bits per heavy atom. The predicted molar refractivity (Wildman–Crippen MR) is 48.3 cm³/mol. The van der Waals surface area contributed by atoms with Crippen LogP contribution in [0.1, 0.15) is 0 Å². The number of nitrogens with one attached hydrogen (secondary N) is 1. The number of rotatable bonds is 0. The van der Waals surface area contributed by atoms with E-state index in [1.165, 1.54) is 11.9 Å². The van der Waals surface area contributed by atoms with Crippen LogP contribution in [-0.2, 0) is 4.79 Å². The number of amides is 1. The Kier molecular flexibility index (Phi) is 1.87. The minimum absolute atomic E-state index is 0.0338. The molecule has 0 aliphatic carbocycles. The van der Waals surface area contributed by atoms with E-state index in [4.69, 9.17) is 0 Å². The summed E-state index contributed by atoms with van der Waals surface area (Å²) in [5.74, 6) is -1.59. The maximum atomic E-state index is 13.2. The second-order valence-corrected chi connectivity index (χ2v) is 3.09. The van der Waals surface area contributed by atoms with Crippen molar-refractivity contribution in [2.75, 3.05) is 23.8 Å². The third-order valence-electron chi connectivity index (χ3n) is 2.19. The number of anilines is 2. The van der Waals surface area contributed by atoms with E-state index in [0.717, 1.165) is 12.1 Å². The van der Waals surface area contributed by atoms with Crippen LogP contribution in [0, 0.1) is 11.6 Å². The van der Waals surface area contributed by atoms with Crippen molar-refractivity contribution in [2.24, 2.45) is 0 Å². The molecule has 0 saturated carbocycles. The number of likely N-dealkylation sites (N-methyl/N-ethyl adjacent to an activating group) is 1. The Labute approximate surface area is 79.3 Å². The smallest absolute Gasteiger partial charge is 0.246 e. The highest BCUT2D eigenvalue weighted by atomic mass is 19.1. The Hall–Kier alpha value is -1.65. The Morgan fingerprint density at radius 3 is 2.86 bits per heavy atom. The van der Waals surface area contributed by atoms with Gasteiger partial charge in [-0.25, -0.2) is 8.78 Å². The Morgan fingerprint density at radius 1 is 1.43 bits per heavy atom. The molecule has 0 bridgehead atoms. The lowest BCUT2D eigenvalue weighted by Crippen LogP contribution is -2.37. The van der Waals surface area contributed by atoms with Crippen LogP contribution in [0.5, 0.6) is 0 Å². The van der Waals surface area contributed by atoms with Gasteiger partial charge in [-0.3, -0.25) is 4.79 Å². The fourth-order valence-electron chi connectivity index (χ4n) is 1.42. The highest BCUT2D eigenvalue weighted by molar-refractivity contribution is 6.02. The summed E-state index contributed by atoms with van der Waals surface area (Å²) in [4.78, 5) is 12.4. The van der Waals surface area contributed by atoms with Crippen LogP contribution in [0.3, 0.4) is 0 Å². The van der Waals surface area contributed by atoms with E-state index in [2.05, 4.69) is 5.32 Å². The number of carbonyl (C=O) groups is 1. The molecule has 1 aliphatic rings. The molecule has 1 amide bonds. The molecule has 1 N–H and O–H groups in total. The van der Waals surface area contributed by atoms with Crippen molar-refractivity contribution in [3.63, 3.8) is 0 Å². The van der Waals surface area contributed by atoms with Crippen molar-refractivity contribution >= 4 is 17.3 Å². The number of halogens is 2. The van der Waals surface area contributed by atoms with Crippen molar-refractivity contribution in [1.29, 1.82) is 0 Å². The minimum Gasteiger partial charge on any atom is -0.372 e. The van der Waals surface area contributed by atoms with E-state index in [-0.39, 0.29) is 23.8 Å². The molecule has 5 heteroatoms. The van der Waals surface area contributed by atoms with Crippen LogP contribution in [-0.4, -0.2) is 19.5 Å². The SMILES string of the molecule is CN1C(=O)CNc2c(F)cc(F)cc21. The third kappa shape index (κ3) is 1.21. The summed E-state index contributed by atoms with van der Waals surface area (Å²) in [7, 11) is 1.49. The summed E-state index contributed by atoms with van der Waals surface area (Å²) in [6, 6.07) is 1.91. The van der Waals surface area contributed by atoms with Crippen LogP contribution in [0.25, 0.3) is 0 Å². The molecule has 74 valence electrons. The summed E-state index contributed by atoms with van der Waals surface area (Å²) in [6.07, 6.45) is 0. The van der Waals surface area contributed by atoms with Gasteiger partial charge < -0.3 is 10.2 Å². The maximum absolute atomic E-state index is 13.2. The van der Waals surface area contributed by atoms with Gasteiger partial charge in [-0.15, -0.1) is 0 Å². The van der Waals surface area contributed by atoms with Gasteiger partial charge in [0.2, 0.25) is 5.91 Å². The van der Waals surface area contributed by atoms with Gasteiger partial charge in [-0.1, -0.05) is 0 Å².